The number of hydrogen-bond donors (Lipinski definition) is 1. The lowest BCUT2D eigenvalue weighted by Crippen LogP contribution is -2.40. The van der Waals surface area contributed by atoms with Crippen LogP contribution in [-0.4, -0.2) is 53.1 Å². The van der Waals surface area contributed by atoms with Gasteiger partial charge in [0.05, 0.1) is 5.92 Å². The predicted molar refractivity (Wildman–Crippen MR) is 104 cm³/mol. The topological polar surface area (TPSA) is 78.4 Å². The van der Waals surface area contributed by atoms with Gasteiger partial charge in [0.2, 0.25) is 16.9 Å². The molecule has 3 heterocycles. The first-order valence-electron chi connectivity index (χ1n) is 9.27. The molecule has 1 fully saturated rings. The Labute approximate surface area is 162 Å². The number of anilines is 1. The molecule has 0 bridgehead atoms. The molecule has 1 N–H and O–H groups in total. The fraction of sp³-hybridized carbons (Fsp3) is 0.474. The van der Waals surface area contributed by atoms with Crippen molar-refractivity contribution in [2.75, 3.05) is 31.1 Å². The van der Waals surface area contributed by atoms with E-state index >= 15 is 0 Å². The highest BCUT2D eigenvalue weighted by Gasteiger charge is 2.36. The molecule has 0 radical (unpaired) electrons. The number of nitrogens with one attached hydrogen (secondary N) is 1. The largest absolute Gasteiger partial charge is 0.355 e. The summed E-state index contributed by atoms with van der Waals surface area (Å²) < 4.78 is 0. The summed E-state index contributed by atoms with van der Waals surface area (Å²) in [5.74, 6) is -0.424. The molecule has 2 aromatic rings. The second kappa shape index (κ2) is 7.74. The maximum absolute atomic E-state index is 12.5. The second-order valence-electron chi connectivity index (χ2n) is 7.09. The lowest BCUT2D eigenvalue weighted by atomic mass is 10.00. The van der Waals surface area contributed by atoms with Crippen molar-refractivity contribution in [2.24, 2.45) is 5.92 Å². The third kappa shape index (κ3) is 4.01. The minimum Gasteiger partial charge on any atom is -0.355 e. The number of carbonyl (C=O) groups excluding carboxylic acids is 2. The minimum absolute atomic E-state index is 0.0514. The van der Waals surface area contributed by atoms with Crippen LogP contribution >= 0.6 is 11.3 Å². The Balaban J connectivity index is 1.25. The molecule has 0 spiro atoms. The number of amides is 2. The highest BCUT2D eigenvalue weighted by molar-refractivity contribution is 7.15. The SMILES string of the molecule is Cc1nnc(N2CC(C(=O)NCCN3CCc4ccccc4C3)CC2=O)s1. The summed E-state index contributed by atoms with van der Waals surface area (Å²) in [4.78, 5) is 28.6. The Kier molecular flexibility index (Phi) is 5.18. The number of benzene rings is 1. The van der Waals surface area contributed by atoms with Crippen LogP contribution in [0.25, 0.3) is 0 Å². The van der Waals surface area contributed by atoms with Crippen LogP contribution in [0.15, 0.2) is 24.3 Å². The predicted octanol–water partition coefficient (Wildman–Crippen LogP) is 1.37. The van der Waals surface area contributed by atoms with Crippen molar-refractivity contribution < 1.29 is 9.59 Å². The maximum atomic E-state index is 12.5. The number of rotatable bonds is 5. The highest BCUT2D eigenvalue weighted by Crippen LogP contribution is 2.27. The molecule has 0 aliphatic carbocycles. The Morgan fingerprint density at radius 1 is 1.30 bits per heavy atom. The fourth-order valence-corrected chi connectivity index (χ4v) is 4.40. The molecule has 8 heteroatoms. The number of nitrogens with zero attached hydrogens (tertiary/aromatic N) is 4. The van der Waals surface area contributed by atoms with Gasteiger partial charge < -0.3 is 5.32 Å². The normalized spacial score (nSPS) is 20.0. The lowest BCUT2D eigenvalue weighted by Gasteiger charge is -2.28. The molecule has 1 unspecified atom stereocenters. The van der Waals surface area contributed by atoms with Crippen molar-refractivity contribution in [1.82, 2.24) is 20.4 Å². The van der Waals surface area contributed by atoms with Crippen molar-refractivity contribution in [2.45, 2.75) is 26.3 Å². The van der Waals surface area contributed by atoms with Gasteiger partial charge in [0.1, 0.15) is 5.01 Å². The van der Waals surface area contributed by atoms with Crippen LogP contribution in [-0.2, 0) is 22.6 Å². The van der Waals surface area contributed by atoms with E-state index < -0.39 is 0 Å². The molecule has 1 aromatic heterocycles. The monoisotopic (exact) mass is 385 g/mol. The van der Waals surface area contributed by atoms with E-state index in [9.17, 15) is 9.59 Å². The first-order chi connectivity index (χ1) is 13.1. The highest BCUT2D eigenvalue weighted by atomic mass is 32.1. The van der Waals surface area contributed by atoms with Gasteiger partial charge in [0, 0.05) is 39.1 Å². The Hall–Kier alpha value is -2.32. The van der Waals surface area contributed by atoms with E-state index in [4.69, 9.17) is 0 Å². The van der Waals surface area contributed by atoms with Crippen molar-refractivity contribution in [3.05, 3.63) is 40.4 Å². The molecule has 1 atom stereocenters. The zero-order valence-corrected chi connectivity index (χ0v) is 16.2. The first kappa shape index (κ1) is 18.1. The molecule has 2 aliphatic rings. The summed E-state index contributed by atoms with van der Waals surface area (Å²) in [6.07, 6.45) is 1.29. The van der Waals surface area contributed by atoms with Crippen LogP contribution in [0.3, 0.4) is 0 Å². The van der Waals surface area contributed by atoms with Gasteiger partial charge in [-0.2, -0.15) is 0 Å². The molecule has 2 aliphatic heterocycles. The summed E-state index contributed by atoms with van der Waals surface area (Å²) in [5.41, 5.74) is 2.80. The van der Waals surface area contributed by atoms with E-state index in [0.717, 1.165) is 31.1 Å². The molecule has 2 amide bonds. The van der Waals surface area contributed by atoms with Gasteiger partial charge in [-0.25, -0.2) is 0 Å². The number of aryl methyl sites for hydroxylation is 1. The summed E-state index contributed by atoms with van der Waals surface area (Å²) in [5, 5.41) is 12.4. The molecule has 27 heavy (non-hydrogen) atoms. The quantitative estimate of drug-likeness (QED) is 0.841. The minimum atomic E-state index is -0.316. The van der Waals surface area contributed by atoms with E-state index in [1.165, 1.54) is 22.5 Å². The molecule has 0 saturated carbocycles. The van der Waals surface area contributed by atoms with Gasteiger partial charge in [-0.05, 0) is 24.5 Å². The molecular formula is C19H23N5O2S. The van der Waals surface area contributed by atoms with Crippen molar-refractivity contribution in [3.8, 4) is 0 Å². The van der Waals surface area contributed by atoms with Gasteiger partial charge in [0.15, 0.2) is 0 Å². The third-order valence-corrected chi connectivity index (χ3v) is 6.04. The Morgan fingerprint density at radius 3 is 2.89 bits per heavy atom. The molecule has 1 saturated heterocycles. The zero-order valence-electron chi connectivity index (χ0n) is 15.4. The standard InChI is InChI=1S/C19H23N5O2S/c1-13-21-22-19(27-13)24-12-16(10-17(24)25)18(26)20-7-9-23-8-6-14-4-2-3-5-15(14)11-23/h2-5,16H,6-12H2,1H3,(H,20,26). The van der Waals surface area contributed by atoms with Crippen LogP contribution in [0, 0.1) is 12.8 Å². The van der Waals surface area contributed by atoms with E-state index in [1.54, 1.807) is 4.90 Å². The summed E-state index contributed by atoms with van der Waals surface area (Å²) in [7, 11) is 0. The molecule has 7 nitrogen and oxygen atoms in total. The van der Waals surface area contributed by atoms with E-state index in [0.29, 0.717) is 18.2 Å². The van der Waals surface area contributed by atoms with Gasteiger partial charge >= 0.3 is 0 Å². The van der Waals surface area contributed by atoms with Crippen LogP contribution in [0.1, 0.15) is 22.6 Å². The van der Waals surface area contributed by atoms with Gasteiger partial charge in [0.25, 0.3) is 0 Å². The zero-order chi connectivity index (χ0) is 18.8. The Bertz CT molecular complexity index is 852. The first-order valence-corrected chi connectivity index (χ1v) is 10.1. The summed E-state index contributed by atoms with van der Waals surface area (Å²) >= 11 is 1.38. The van der Waals surface area contributed by atoms with Gasteiger partial charge in [-0.1, -0.05) is 35.6 Å². The summed E-state index contributed by atoms with van der Waals surface area (Å²) in [6, 6.07) is 8.53. The lowest BCUT2D eigenvalue weighted by molar-refractivity contribution is -0.126. The molecule has 142 valence electrons. The Morgan fingerprint density at radius 2 is 2.11 bits per heavy atom. The smallest absolute Gasteiger partial charge is 0.229 e. The number of hydrogen-bond acceptors (Lipinski definition) is 6. The molecular weight excluding hydrogens is 362 g/mol. The summed E-state index contributed by atoms with van der Waals surface area (Å²) in [6.45, 7) is 5.60. The fourth-order valence-electron chi connectivity index (χ4n) is 3.69. The van der Waals surface area contributed by atoms with Crippen molar-refractivity contribution >= 4 is 28.3 Å². The average molecular weight is 385 g/mol. The number of carbonyl (C=O) groups is 2. The van der Waals surface area contributed by atoms with Crippen LogP contribution in [0.5, 0.6) is 0 Å². The molecule has 4 rings (SSSR count). The maximum Gasteiger partial charge on any atom is 0.229 e. The number of fused-ring (bicyclic) bond motifs is 1. The third-order valence-electron chi connectivity index (χ3n) is 5.18. The van der Waals surface area contributed by atoms with E-state index in [2.05, 4.69) is 44.7 Å². The number of aromatic nitrogens is 2. The molecule has 1 aromatic carbocycles. The van der Waals surface area contributed by atoms with Crippen LogP contribution in [0.4, 0.5) is 5.13 Å². The van der Waals surface area contributed by atoms with Crippen LogP contribution in [0.2, 0.25) is 0 Å². The van der Waals surface area contributed by atoms with Gasteiger partial charge in [-0.3, -0.25) is 19.4 Å². The second-order valence-corrected chi connectivity index (χ2v) is 8.26. The average Bonchev–Trinajstić information content (AvgIpc) is 3.27. The van der Waals surface area contributed by atoms with Crippen molar-refractivity contribution in [1.29, 1.82) is 0 Å². The van der Waals surface area contributed by atoms with Crippen molar-refractivity contribution in [3.63, 3.8) is 0 Å². The van der Waals surface area contributed by atoms with Gasteiger partial charge in [-0.15, -0.1) is 10.2 Å². The van der Waals surface area contributed by atoms with E-state index in [-0.39, 0.29) is 24.2 Å². The van der Waals surface area contributed by atoms with Crippen LogP contribution < -0.4 is 10.2 Å². The van der Waals surface area contributed by atoms with E-state index in [1.807, 2.05) is 6.92 Å².